The summed E-state index contributed by atoms with van der Waals surface area (Å²) in [6.45, 7) is 6.39. The van der Waals surface area contributed by atoms with E-state index in [0.717, 1.165) is 5.00 Å². The molecule has 1 amide bonds. The number of methoxy groups -OCH3 is 1. The molecule has 0 aliphatic rings. The van der Waals surface area contributed by atoms with Crippen molar-refractivity contribution >= 4 is 27.9 Å². The molecular formula is C14H25N3O3S. The number of rotatable bonds is 7. The molecule has 1 heterocycles. The zero-order valence-electron chi connectivity index (χ0n) is 13.5. The SMILES string of the molecule is COCC(C)Nc1sc(C(=O)N(C)C)c(N)c1OC(C)C. The van der Waals surface area contributed by atoms with Crippen molar-refractivity contribution in [2.75, 3.05) is 38.9 Å². The highest BCUT2D eigenvalue weighted by atomic mass is 32.1. The molecule has 1 aromatic heterocycles. The van der Waals surface area contributed by atoms with Gasteiger partial charge in [-0.05, 0) is 20.8 Å². The quantitative estimate of drug-likeness (QED) is 0.807. The first-order chi connectivity index (χ1) is 9.77. The highest BCUT2D eigenvalue weighted by Gasteiger charge is 2.24. The van der Waals surface area contributed by atoms with E-state index in [0.29, 0.717) is 22.9 Å². The van der Waals surface area contributed by atoms with Crippen molar-refractivity contribution < 1.29 is 14.3 Å². The monoisotopic (exact) mass is 315 g/mol. The van der Waals surface area contributed by atoms with E-state index in [-0.39, 0.29) is 18.1 Å². The fourth-order valence-electron chi connectivity index (χ4n) is 1.75. The molecule has 1 aromatic rings. The van der Waals surface area contributed by atoms with Crippen molar-refractivity contribution in [3.05, 3.63) is 4.88 Å². The zero-order valence-corrected chi connectivity index (χ0v) is 14.3. The minimum absolute atomic E-state index is 0.0255. The van der Waals surface area contributed by atoms with Crippen LogP contribution in [0.25, 0.3) is 0 Å². The lowest BCUT2D eigenvalue weighted by Gasteiger charge is -2.16. The second kappa shape index (κ2) is 7.51. The number of nitrogen functional groups attached to an aromatic ring is 1. The van der Waals surface area contributed by atoms with Crippen LogP contribution in [0.3, 0.4) is 0 Å². The molecule has 7 heteroatoms. The summed E-state index contributed by atoms with van der Waals surface area (Å²) in [6, 6.07) is 0.0878. The molecule has 21 heavy (non-hydrogen) atoms. The number of hydrogen-bond acceptors (Lipinski definition) is 6. The average Bonchev–Trinajstić information content (AvgIpc) is 2.66. The van der Waals surface area contributed by atoms with Crippen molar-refractivity contribution in [3.8, 4) is 5.75 Å². The lowest BCUT2D eigenvalue weighted by molar-refractivity contribution is 0.0832. The van der Waals surface area contributed by atoms with Gasteiger partial charge in [-0.1, -0.05) is 0 Å². The number of amides is 1. The molecule has 1 unspecified atom stereocenters. The van der Waals surface area contributed by atoms with Crippen LogP contribution in [0.15, 0.2) is 0 Å². The van der Waals surface area contributed by atoms with Crippen LogP contribution in [-0.2, 0) is 4.74 Å². The first-order valence-electron chi connectivity index (χ1n) is 6.83. The van der Waals surface area contributed by atoms with Crippen LogP contribution in [0, 0.1) is 0 Å². The van der Waals surface area contributed by atoms with E-state index in [9.17, 15) is 4.79 Å². The third-order valence-corrected chi connectivity index (χ3v) is 3.75. The normalized spacial score (nSPS) is 12.3. The van der Waals surface area contributed by atoms with Gasteiger partial charge >= 0.3 is 0 Å². The zero-order chi connectivity index (χ0) is 16.2. The Bertz CT molecular complexity index is 486. The molecule has 0 aliphatic carbocycles. The Balaban J connectivity index is 3.14. The number of carbonyl (C=O) groups is 1. The van der Waals surface area contributed by atoms with Crippen molar-refractivity contribution in [1.29, 1.82) is 0 Å². The summed E-state index contributed by atoms with van der Waals surface area (Å²) in [7, 11) is 5.05. The van der Waals surface area contributed by atoms with Gasteiger partial charge in [0, 0.05) is 27.2 Å². The lowest BCUT2D eigenvalue weighted by atomic mass is 10.3. The number of nitrogens with one attached hydrogen (secondary N) is 1. The summed E-state index contributed by atoms with van der Waals surface area (Å²) >= 11 is 1.31. The molecule has 6 nitrogen and oxygen atoms in total. The second-order valence-corrected chi connectivity index (χ2v) is 6.39. The summed E-state index contributed by atoms with van der Waals surface area (Å²) in [5.41, 5.74) is 6.50. The van der Waals surface area contributed by atoms with E-state index < -0.39 is 0 Å². The summed E-state index contributed by atoms with van der Waals surface area (Å²) in [5, 5.41) is 4.05. The highest BCUT2D eigenvalue weighted by molar-refractivity contribution is 7.19. The molecule has 1 rings (SSSR count). The summed E-state index contributed by atoms with van der Waals surface area (Å²) in [4.78, 5) is 14.2. The molecule has 0 aromatic carbocycles. The van der Waals surface area contributed by atoms with Crippen LogP contribution in [0.5, 0.6) is 5.75 Å². The van der Waals surface area contributed by atoms with E-state index >= 15 is 0 Å². The van der Waals surface area contributed by atoms with Gasteiger partial charge < -0.3 is 25.4 Å². The standard InChI is InChI=1S/C14H25N3O3S/c1-8(2)20-11-10(15)12(14(18)17(4)5)21-13(11)16-9(3)7-19-6/h8-9,16H,7,15H2,1-6H3. The Morgan fingerprint density at radius 3 is 2.48 bits per heavy atom. The fraction of sp³-hybridized carbons (Fsp3) is 0.643. The maximum absolute atomic E-state index is 12.2. The van der Waals surface area contributed by atoms with Gasteiger partial charge in [-0.25, -0.2) is 0 Å². The van der Waals surface area contributed by atoms with Crippen molar-refractivity contribution in [1.82, 2.24) is 4.90 Å². The molecule has 3 N–H and O–H groups in total. The average molecular weight is 315 g/mol. The summed E-state index contributed by atoms with van der Waals surface area (Å²) < 4.78 is 10.9. The van der Waals surface area contributed by atoms with Gasteiger partial charge in [-0.2, -0.15) is 0 Å². The van der Waals surface area contributed by atoms with Crippen LogP contribution in [0.4, 0.5) is 10.7 Å². The minimum Gasteiger partial charge on any atom is -0.486 e. The molecule has 0 radical (unpaired) electrons. The van der Waals surface area contributed by atoms with E-state index in [2.05, 4.69) is 5.32 Å². The Hall–Kier alpha value is -1.47. The van der Waals surface area contributed by atoms with Gasteiger partial charge in [-0.3, -0.25) is 4.79 Å². The smallest absolute Gasteiger partial charge is 0.265 e. The predicted octanol–water partition coefficient (Wildman–Crippen LogP) is 2.27. The Labute approximate surface area is 130 Å². The second-order valence-electron chi connectivity index (χ2n) is 5.37. The van der Waals surface area contributed by atoms with Gasteiger partial charge in [0.15, 0.2) is 5.75 Å². The van der Waals surface area contributed by atoms with Crippen molar-refractivity contribution in [2.45, 2.75) is 32.9 Å². The molecule has 0 bridgehead atoms. The van der Waals surface area contributed by atoms with Gasteiger partial charge in [0.1, 0.15) is 15.6 Å². The minimum atomic E-state index is -0.126. The molecule has 120 valence electrons. The largest absolute Gasteiger partial charge is 0.486 e. The van der Waals surface area contributed by atoms with Gasteiger partial charge in [0.2, 0.25) is 0 Å². The number of thiophene rings is 1. The number of anilines is 2. The predicted molar refractivity (Wildman–Crippen MR) is 87.5 cm³/mol. The molecule has 0 aliphatic heterocycles. The van der Waals surface area contributed by atoms with E-state index in [1.807, 2.05) is 20.8 Å². The van der Waals surface area contributed by atoms with Gasteiger partial charge in [0.25, 0.3) is 5.91 Å². The summed E-state index contributed by atoms with van der Waals surface area (Å²) in [5.74, 6) is 0.418. The van der Waals surface area contributed by atoms with Crippen LogP contribution in [0.1, 0.15) is 30.4 Å². The lowest BCUT2D eigenvalue weighted by Crippen LogP contribution is -2.21. The third-order valence-electron chi connectivity index (χ3n) is 2.65. The maximum Gasteiger partial charge on any atom is 0.265 e. The third kappa shape index (κ3) is 4.50. The number of nitrogens with zero attached hydrogens (tertiary/aromatic N) is 1. The van der Waals surface area contributed by atoms with E-state index in [4.69, 9.17) is 15.2 Å². The van der Waals surface area contributed by atoms with Gasteiger partial charge in [0.05, 0.1) is 12.7 Å². The van der Waals surface area contributed by atoms with Crippen molar-refractivity contribution in [3.63, 3.8) is 0 Å². The van der Waals surface area contributed by atoms with Crippen molar-refractivity contribution in [2.24, 2.45) is 0 Å². The first kappa shape index (κ1) is 17.6. The number of carbonyl (C=O) groups excluding carboxylic acids is 1. The molecule has 0 saturated heterocycles. The molecule has 1 atom stereocenters. The maximum atomic E-state index is 12.2. The van der Waals surface area contributed by atoms with Gasteiger partial charge in [-0.15, -0.1) is 11.3 Å². The van der Waals surface area contributed by atoms with E-state index in [1.165, 1.54) is 16.2 Å². The molecule has 0 saturated carbocycles. The molecule has 0 fully saturated rings. The first-order valence-corrected chi connectivity index (χ1v) is 7.65. The van der Waals surface area contributed by atoms with Crippen LogP contribution in [-0.4, -0.2) is 50.8 Å². The summed E-state index contributed by atoms with van der Waals surface area (Å²) in [6.07, 6.45) is -0.0255. The number of nitrogens with two attached hydrogens (primary N) is 1. The topological polar surface area (TPSA) is 76.8 Å². The fourth-order valence-corrected chi connectivity index (χ4v) is 2.94. The highest BCUT2D eigenvalue weighted by Crippen LogP contribution is 2.43. The number of hydrogen-bond donors (Lipinski definition) is 2. The van der Waals surface area contributed by atoms with Crippen LogP contribution in [0.2, 0.25) is 0 Å². The Kier molecular flexibility index (Phi) is 6.29. The molecule has 0 spiro atoms. The Morgan fingerprint density at radius 2 is 2.00 bits per heavy atom. The number of ether oxygens (including phenoxy) is 2. The van der Waals surface area contributed by atoms with E-state index in [1.54, 1.807) is 21.2 Å². The molecular weight excluding hydrogens is 290 g/mol. The van der Waals surface area contributed by atoms with Crippen LogP contribution < -0.4 is 15.8 Å². The Morgan fingerprint density at radius 1 is 1.38 bits per heavy atom. The van der Waals surface area contributed by atoms with Crippen LogP contribution >= 0.6 is 11.3 Å².